The van der Waals surface area contributed by atoms with E-state index in [1.54, 1.807) is 18.3 Å². The van der Waals surface area contributed by atoms with Crippen molar-refractivity contribution in [3.63, 3.8) is 0 Å². The predicted octanol–water partition coefficient (Wildman–Crippen LogP) is 4.63. The SMILES string of the molecule is Cc1ccnn1Cc1cc(C(=O)NCC(C)(C)c2ccccc2F)c2ccccc2n1. The molecular weight excluding hydrogens is 391 g/mol. The Balaban J connectivity index is 1.62. The van der Waals surface area contributed by atoms with E-state index >= 15 is 0 Å². The first kappa shape index (κ1) is 20.7. The van der Waals surface area contributed by atoms with Crippen LogP contribution in [0.5, 0.6) is 0 Å². The highest BCUT2D eigenvalue weighted by atomic mass is 19.1. The molecule has 0 bridgehead atoms. The molecule has 2 aromatic heterocycles. The maximum absolute atomic E-state index is 14.3. The average Bonchev–Trinajstić information content (AvgIpc) is 3.16. The molecule has 1 amide bonds. The summed E-state index contributed by atoms with van der Waals surface area (Å²) in [5, 5.41) is 8.10. The minimum absolute atomic E-state index is 0.207. The Labute approximate surface area is 180 Å². The lowest BCUT2D eigenvalue weighted by Crippen LogP contribution is -2.37. The molecule has 0 aliphatic heterocycles. The molecule has 6 heteroatoms. The molecule has 4 aromatic rings. The first-order chi connectivity index (χ1) is 14.8. The number of pyridine rings is 1. The molecule has 0 aliphatic carbocycles. The number of carbonyl (C=O) groups is 1. The van der Waals surface area contributed by atoms with Crippen LogP contribution in [0.25, 0.3) is 10.9 Å². The number of amides is 1. The van der Waals surface area contributed by atoms with Gasteiger partial charge in [-0.25, -0.2) is 4.39 Å². The van der Waals surface area contributed by atoms with Gasteiger partial charge in [0, 0.05) is 29.2 Å². The molecule has 0 unspecified atom stereocenters. The van der Waals surface area contributed by atoms with E-state index in [-0.39, 0.29) is 11.7 Å². The van der Waals surface area contributed by atoms with Crippen molar-refractivity contribution in [1.29, 1.82) is 0 Å². The van der Waals surface area contributed by atoms with E-state index in [4.69, 9.17) is 4.98 Å². The first-order valence-corrected chi connectivity index (χ1v) is 10.3. The number of hydrogen-bond acceptors (Lipinski definition) is 3. The van der Waals surface area contributed by atoms with Crippen LogP contribution >= 0.6 is 0 Å². The lowest BCUT2D eigenvalue weighted by molar-refractivity contribution is 0.0946. The van der Waals surface area contributed by atoms with Gasteiger partial charge in [-0.15, -0.1) is 0 Å². The van der Waals surface area contributed by atoms with Gasteiger partial charge in [0.1, 0.15) is 5.82 Å². The third kappa shape index (κ3) is 4.33. The molecule has 1 N–H and O–H groups in total. The van der Waals surface area contributed by atoms with Gasteiger partial charge in [-0.2, -0.15) is 5.10 Å². The van der Waals surface area contributed by atoms with Gasteiger partial charge in [0.05, 0.1) is 23.3 Å². The van der Waals surface area contributed by atoms with E-state index in [0.29, 0.717) is 24.2 Å². The van der Waals surface area contributed by atoms with E-state index < -0.39 is 5.41 Å². The second-order valence-electron chi connectivity index (χ2n) is 8.35. The molecule has 4 rings (SSSR count). The summed E-state index contributed by atoms with van der Waals surface area (Å²) in [4.78, 5) is 17.9. The smallest absolute Gasteiger partial charge is 0.252 e. The molecule has 158 valence electrons. The number of para-hydroxylation sites is 1. The zero-order valence-electron chi connectivity index (χ0n) is 17.9. The number of aromatic nitrogens is 3. The molecular formula is C25H25FN4O. The lowest BCUT2D eigenvalue weighted by atomic mass is 9.84. The Morgan fingerprint density at radius 2 is 1.84 bits per heavy atom. The van der Waals surface area contributed by atoms with E-state index in [1.807, 2.05) is 67.9 Å². The van der Waals surface area contributed by atoms with Gasteiger partial charge in [-0.3, -0.25) is 14.5 Å². The van der Waals surface area contributed by atoms with Gasteiger partial charge in [0.2, 0.25) is 0 Å². The van der Waals surface area contributed by atoms with Crippen LogP contribution in [0.15, 0.2) is 66.9 Å². The molecule has 5 nitrogen and oxygen atoms in total. The lowest BCUT2D eigenvalue weighted by Gasteiger charge is -2.26. The van der Waals surface area contributed by atoms with Gasteiger partial charge < -0.3 is 5.32 Å². The van der Waals surface area contributed by atoms with Crippen molar-refractivity contribution in [3.05, 3.63) is 95.2 Å². The van der Waals surface area contributed by atoms with Gasteiger partial charge in [-0.05, 0) is 36.8 Å². The standard InChI is InChI=1S/C25H25FN4O/c1-17-12-13-28-30(17)15-18-14-20(19-8-4-7-11-23(19)29-18)24(31)27-16-25(2,3)21-9-5-6-10-22(21)26/h4-14H,15-16H2,1-3H3,(H,27,31). The minimum Gasteiger partial charge on any atom is -0.351 e. The second kappa shape index (κ2) is 8.30. The molecule has 2 heterocycles. The highest BCUT2D eigenvalue weighted by Crippen LogP contribution is 2.25. The van der Waals surface area contributed by atoms with Crippen molar-refractivity contribution >= 4 is 16.8 Å². The van der Waals surface area contributed by atoms with Gasteiger partial charge in [0.15, 0.2) is 0 Å². The van der Waals surface area contributed by atoms with Gasteiger partial charge in [-0.1, -0.05) is 50.2 Å². The Bertz CT molecular complexity index is 1250. The van der Waals surface area contributed by atoms with Crippen molar-refractivity contribution in [2.75, 3.05) is 6.54 Å². The van der Waals surface area contributed by atoms with Crippen LogP contribution in [-0.2, 0) is 12.0 Å². The molecule has 0 radical (unpaired) electrons. The number of benzene rings is 2. The van der Waals surface area contributed by atoms with E-state index in [0.717, 1.165) is 22.3 Å². The maximum atomic E-state index is 14.3. The van der Waals surface area contributed by atoms with Crippen molar-refractivity contribution in [2.45, 2.75) is 32.7 Å². The molecule has 0 aliphatic rings. The zero-order valence-corrected chi connectivity index (χ0v) is 17.9. The highest BCUT2D eigenvalue weighted by Gasteiger charge is 2.25. The van der Waals surface area contributed by atoms with Crippen LogP contribution in [0.4, 0.5) is 4.39 Å². The fraction of sp³-hybridized carbons (Fsp3) is 0.240. The van der Waals surface area contributed by atoms with Crippen LogP contribution in [-0.4, -0.2) is 27.2 Å². The monoisotopic (exact) mass is 416 g/mol. The number of rotatable bonds is 6. The Morgan fingerprint density at radius 1 is 1.10 bits per heavy atom. The summed E-state index contributed by atoms with van der Waals surface area (Å²) in [5.74, 6) is -0.477. The number of aryl methyl sites for hydroxylation is 1. The van der Waals surface area contributed by atoms with Crippen molar-refractivity contribution in [3.8, 4) is 0 Å². The van der Waals surface area contributed by atoms with Crippen molar-refractivity contribution < 1.29 is 9.18 Å². The topological polar surface area (TPSA) is 59.8 Å². The van der Waals surface area contributed by atoms with E-state index in [9.17, 15) is 9.18 Å². The summed E-state index contributed by atoms with van der Waals surface area (Å²) in [7, 11) is 0. The maximum Gasteiger partial charge on any atom is 0.252 e. The summed E-state index contributed by atoms with van der Waals surface area (Å²) in [5.41, 5.74) is 3.10. The number of halogens is 1. The molecule has 0 saturated heterocycles. The third-order valence-electron chi connectivity index (χ3n) is 5.55. The van der Waals surface area contributed by atoms with Crippen LogP contribution in [0.2, 0.25) is 0 Å². The normalized spacial score (nSPS) is 11.6. The number of nitrogens with zero attached hydrogens (tertiary/aromatic N) is 3. The number of carbonyl (C=O) groups excluding carboxylic acids is 1. The van der Waals surface area contributed by atoms with E-state index in [1.165, 1.54) is 6.07 Å². The van der Waals surface area contributed by atoms with E-state index in [2.05, 4.69) is 10.4 Å². The average molecular weight is 417 g/mol. The van der Waals surface area contributed by atoms with Crippen LogP contribution in [0.1, 0.15) is 41.2 Å². The van der Waals surface area contributed by atoms with Gasteiger partial charge in [0.25, 0.3) is 5.91 Å². The zero-order chi connectivity index (χ0) is 22.0. The summed E-state index contributed by atoms with van der Waals surface area (Å²) < 4.78 is 16.1. The molecule has 0 saturated carbocycles. The van der Waals surface area contributed by atoms with Crippen LogP contribution < -0.4 is 5.32 Å². The number of hydrogen-bond donors (Lipinski definition) is 1. The van der Waals surface area contributed by atoms with Gasteiger partial charge >= 0.3 is 0 Å². The summed E-state index contributed by atoms with van der Waals surface area (Å²) in [6.07, 6.45) is 1.74. The molecule has 2 aromatic carbocycles. The van der Waals surface area contributed by atoms with Crippen LogP contribution in [0.3, 0.4) is 0 Å². The fourth-order valence-corrected chi connectivity index (χ4v) is 3.72. The summed E-state index contributed by atoms with van der Waals surface area (Å²) in [6.45, 7) is 6.60. The molecule has 0 atom stereocenters. The largest absolute Gasteiger partial charge is 0.351 e. The molecule has 0 fully saturated rings. The summed E-state index contributed by atoms with van der Waals surface area (Å²) >= 11 is 0. The van der Waals surface area contributed by atoms with Crippen LogP contribution in [0, 0.1) is 12.7 Å². The highest BCUT2D eigenvalue weighted by molar-refractivity contribution is 6.06. The Kier molecular flexibility index (Phi) is 5.55. The minimum atomic E-state index is -0.557. The first-order valence-electron chi connectivity index (χ1n) is 10.3. The quantitative estimate of drug-likeness (QED) is 0.498. The number of fused-ring (bicyclic) bond motifs is 1. The fourth-order valence-electron chi connectivity index (χ4n) is 3.72. The second-order valence-corrected chi connectivity index (χ2v) is 8.35. The third-order valence-corrected chi connectivity index (χ3v) is 5.55. The Morgan fingerprint density at radius 3 is 2.58 bits per heavy atom. The Hall–Kier alpha value is -3.54. The number of nitrogens with one attached hydrogen (secondary N) is 1. The van der Waals surface area contributed by atoms with Crippen molar-refractivity contribution in [2.24, 2.45) is 0 Å². The van der Waals surface area contributed by atoms with Crippen molar-refractivity contribution in [1.82, 2.24) is 20.1 Å². The molecule has 0 spiro atoms. The predicted molar refractivity (Wildman–Crippen MR) is 120 cm³/mol. The molecule has 31 heavy (non-hydrogen) atoms. The summed E-state index contributed by atoms with van der Waals surface area (Å²) in [6, 6.07) is 18.0.